The molecule has 0 saturated carbocycles. The molecule has 0 atom stereocenters. The van der Waals surface area contributed by atoms with E-state index in [-0.39, 0.29) is 16.4 Å². The third-order valence-electron chi connectivity index (χ3n) is 3.21. The zero-order valence-electron chi connectivity index (χ0n) is 11.7. The second-order valence-corrected chi connectivity index (χ2v) is 5.10. The molecule has 2 aromatic heterocycles. The van der Waals surface area contributed by atoms with Crippen molar-refractivity contribution in [1.82, 2.24) is 14.6 Å². The van der Waals surface area contributed by atoms with Crippen molar-refractivity contribution >= 4 is 28.8 Å². The Balaban J connectivity index is 1.94. The molecular formula is C15H12ClFN4O. The summed E-state index contributed by atoms with van der Waals surface area (Å²) in [6.45, 7) is 1.96. The Bertz CT molecular complexity index is 862. The number of anilines is 1. The number of halogens is 2. The van der Waals surface area contributed by atoms with Gasteiger partial charge in [-0.2, -0.15) is 5.10 Å². The fourth-order valence-corrected chi connectivity index (χ4v) is 2.28. The second kappa shape index (κ2) is 5.73. The first-order valence-corrected chi connectivity index (χ1v) is 7.06. The van der Waals surface area contributed by atoms with Gasteiger partial charge in [0.15, 0.2) is 5.65 Å². The van der Waals surface area contributed by atoms with Crippen molar-refractivity contribution in [2.24, 2.45) is 0 Å². The average Bonchev–Trinajstić information content (AvgIpc) is 2.97. The predicted molar refractivity (Wildman–Crippen MR) is 81.7 cm³/mol. The summed E-state index contributed by atoms with van der Waals surface area (Å²) in [7, 11) is 0. The molecule has 0 aliphatic carbocycles. The number of aryl methyl sites for hydroxylation is 1. The summed E-state index contributed by atoms with van der Waals surface area (Å²) >= 11 is 5.69. The number of nitrogens with zero attached hydrogens (tertiary/aromatic N) is 3. The molecule has 112 valence electrons. The zero-order chi connectivity index (χ0) is 15.7. The molecule has 3 rings (SSSR count). The summed E-state index contributed by atoms with van der Waals surface area (Å²) in [5, 5.41) is 6.91. The first-order valence-electron chi connectivity index (χ1n) is 6.68. The van der Waals surface area contributed by atoms with Crippen molar-refractivity contribution in [1.29, 1.82) is 0 Å². The van der Waals surface area contributed by atoms with Crippen LogP contribution in [0.4, 0.5) is 10.1 Å². The molecule has 0 radical (unpaired) electrons. The van der Waals surface area contributed by atoms with Gasteiger partial charge < -0.3 is 5.32 Å². The Hall–Kier alpha value is -2.47. The van der Waals surface area contributed by atoms with Crippen LogP contribution >= 0.6 is 11.6 Å². The van der Waals surface area contributed by atoms with Crippen molar-refractivity contribution in [3.63, 3.8) is 0 Å². The molecule has 0 bridgehead atoms. The molecule has 0 saturated heterocycles. The van der Waals surface area contributed by atoms with E-state index < -0.39 is 11.7 Å². The molecule has 22 heavy (non-hydrogen) atoms. The first kappa shape index (κ1) is 14.5. The van der Waals surface area contributed by atoms with Gasteiger partial charge in [0.25, 0.3) is 5.91 Å². The molecule has 1 aromatic carbocycles. The molecule has 0 aliphatic rings. The number of aromatic nitrogens is 3. The van der Waals surface area contributed by atoms with Crippen LogP contribution in [-0.4, -0.2) is 20.5 Å². The molecule has 0 aliphatic heterocycles. The number of fused-ring (bicyclic) bond motifs is 1. The van der Waals surface area contributed by atoms with Crippen molar-refractivity contribution < 1.29 is 9.18 Å². The normalized spacial score (nSPS) is 10.9. The van der Waals surface area contributed by atoms with Crippen LogP contribution in [0.3, 0.4) is 0 Å². The van der Waals surface area contributed by atoms with E-state index in [0.29, 0.717) is 12.1 Å². The number of hydrogen-bond acceptors (Lipinski definition) is 3. The van der Waals surface area contributed by atoms with Gasteiger partial charge in [0, 0.05) is 16.8 Å². The Morgan fingerprint density at radius 3 is 2.91 bits per heavy atom. The van der Waals surface area contributed by atoms with Crippen molar-refractivity contribution in [2.75, 3.05) is 5.32 Å². The lowest BCUT2D eigenvalue weighted by atomic mass is 10.2. The summed E-state index contributed by atoms with van der Waals surface area (Å²) < 4.78 is 15.4. The number of carbonyl (C=O) groups is 1. The monoisotopic (exact) mass is 318 g/mol. The molecule has 7 heteroatoms. The molecule has 2 heterocycles. The minimum atomic E-state index is -0.595. The fourth-order valence-electron chi connectivity index (χ4n) is 2.12. The SMILES string of the molecule is CCc1cc(C(=O)Nc2ccc(Cl)cc2F)nc2ccnn12. The summed E-state index contributed by atoms with van der Waals surface area (Å²) in [6.07, 6.45) is 2.30. The number of amides is 1. The lowest BCUT2D eigenvalue weighted by Gasteiger charge is -2.08. The highest BCUT2D eigenvalue weighted by molar-refractivity contribution is 6.30. The number of benzene rings is 1. The van der Waals surface area contributed by atoms with E-state index in [2.05, 4.69) is 15.4 Å². The van der Waals surface area contributed by atoms with E-state index in [1.165, 1.54) is 12.1 Å². The van der Waals surface area contributed by atoms with Crippen LogP contribution in [0.15, 0.2) is 36.5 Å². The van der Waals surface area contributed by atoms with Gasteiger partial charge in [-0.1, -0.05) is 18.5 Å². The highest BCUT2D eigenvalue weighted by Crippen LogP contribution is 2.19. The van der Waals surface area contributed by atoms with Crippen LogP contribution < -0.4 is 5.32 Å². The molecule has 0 fully saturated rings. The Morgan fingerprint density at radius 1 is 1.36 bits per heavy atom. The van der Waals surface area contributed by atoms with Crippen molar-refractivity contribution in [3.05, 3.63) is 58.8 Å². The van der Waals surface area contributed by atoms with Gasteiger partial charge in [-0.05, 0) is 30.7 Å². The average molecular weight is 319 g/mol. The Morgan fingerprint density at radius 2 is 2.18 bits per heavy atom. The minimum Gasteiger partial charge on any atom is -0.318 e. The maximum Gasteiger partial charge on any atom is 0.274 e. The van der Waals surface area contributed by atoms with Gasteiger partial charge in [0.2, 0.25) is 0 Å². The van der Waals surface area contributed by atoms with E-state index in [9.17, 15) is 9.18 Å². The van der Waals surface area contributed by atoms with E-state index >= 15 is 0 Å². The van der Waals surface area contributed by atoms with Crippen LogP contribution in [-0.2, 0) is 6.42 Å². The second-order valence-electron chi connectivity index (χ2n) is 4.67. The van der Waals surface area contributed by atoms with Crippen molar-refractivity contribution in [3.8, 4) is 0 Å². The quantitative estimate of drug-likeness (QED) is 0.805. The lowest BCUT2D eigenvalue weighted by molar-refractivity contribution is 0.102. The van der Waals surface area contributed by atoms with Crippen LogP contribution in [0.1, 0.15) is 23.1 Å². The third-order valence-corrected chi connectivity index (χ3v) is 3.44. The van der Waals surface area contributed by atoms with Gasteiger partial charge in [-0.15, -0.1) is 0 Å². The molecule has 1 amide bonds. The van der Waals surface area contributed by atoms with Crippen molar-refractivity contribution in [2.45, 2.75) is 13.3 Å². The largest absolute Gasteiger partial charge is 0.318 e. The van der Waals surface area contributed by atoms with Crippen LogP contribution in [0.2, 0.25) is 5.02 Å². The maximum absolute atomic E-state index is 13.7. The highest BCUT2D eigenvalue weighted by Gasteiger charge is 2.14. The topological polar surface area (TPSA) is 59.3 Å². The van der Waals surface area contributed by atoms with Gasteiger partial charge >= 0.3 is 0 Å². The summed E-state index contributed by atoms with van der Waals surface area (Å²) in [5.41, 5.74) is 1.68. The number of rotatable bonds is 3. The zero-order valence-corrected chi connectivity index (χ0v) is 12.4. The number of carbonyl (C=O) groups excluding carboxylic acids is 1. The molecule has 5 nitrogen and oxygen atoms in total. The minimum absolute atomic E-state index is 0.0580. The van der Waals surface area contributed by atoms with Crippen LogP contribution in [0.5, 0.6) is 0 Å². The smallest absolute Gasteiger partial charge is 0.274 e. The molecule has 0 spiro atoms. The van der Waals surface area contributed by atoms with E-state index in [1.807, 2.05) is 6.92 Å². The van der Waals surface area contributed by atoms with E-state index in [4.69, 9.17) is 11.6 Å². The summed E-state index contributed by atoms with van der Waals surface area (Å²) in [4.78, 5) is 16.5. The highest BCUT2D eigenvalue weighted by atomic mass is 35.5. The summed E-state index contributed by atoms with van der Waals surface area (Å²) in [6, 6.07) is 7.41. The van der Waals surface area contributed by atoms with E-state index in [0.717, 1.165) is 11.8 Å². The number of hydrogen-bond donors (Lipinski definition) is 1. The van der Waals surface area contributed by atoms with Gasteiger partial charge in [-0.25, -0.2) is 13.9 Å². The predicted octanol–water partition coefficient (Wildman–Crippen LogP) is 3.34. The first-order chi connectivity index (χ1) is 10.6. The fraction of sp³-hybridized carbons (Fsp3) is 0.133. The molecule has 1 N–H and O–H groups in total. The van der Waals surface area contributed by atoms with E-state index in [1.54, 1.807) is 22.8 Å². The molecular weight excluding hydrogens is 307 g/mol. The lowest BCUT2D eigenvalue weighted by Crippen LogP contribution is -2.16. The summed E-state index contributed by atoms with van der Waals surface area (Å²) in [5.74, 6) is -1.08. The maximum atomic E-state index is 13.7. The molecule has 3 aromatic rings. The van der Waals surface area contributed by atoms with Gasteiger partial charge in [0.05, 0.1) is 11.9 Å². The van der Waals surface area contributed by atoms with Gasteiger partial charge in [0.1, 0.15) is 11.5 Å². The molecule has 0 unspecified atom stereocenters. The third kappa shape index (κ3) is 2.65. The van der Waals surface area contributed by atoms with Gasteiger partial charge in [-0.3, -0.25) is 4.79 Å². The standard InChI is InChI=1S/C15H12ClFN4O/c1-2-10-8-13(19-14-5-6-18-21(10)14)15(22)20-12-4-3-9(16)7-11(12)17/h3-8H,2H2,1H3,(H,20,22). The Kier molecular flexibility index (Phi) is 3.77. The number of nitrogens with one attached hydrogen (secondary N) is 1. The van der Waals surface area contributed by atoms with Crippen LogP contribution in [0.25, 0.3) is 5.65 Å². The Labute approximate surface area is 130 Å². The van der Waals surface area contributed by atoms with Crippen LogP contribution in [0, 0.1) is 5.82 Å².